The van der Waals surface area contributed by atoms with Crippen molar-refractivity contribution in [3.63, 3.8) is 0 Å². The predicted molar refractivity (Wildman–Crippen MR) is 53.8 cm³/mol. The summed E-state index contributed by atoms with van der Waals surface area (Å²) >= 11 is 0. The number of rotatable bonds is 1. The summed E-state index contributed by atoms with van der Waals surface area (Å²) in [5.41, 5.74) is 1.62. The van der Waals surface area contributed by atoms with Gasteiger partial charge in [-0.15, -0.1) is 0 Å². The quantitative estimate of drug-likeness (QED) is 0.649. The summed E-state index contributed by atoms with van der Waals surface area (Å²) in [4.78, 5) is 0. The molecule has 0 radical (unpaired) electrons. The monoisotopic (exact) mass is 184 g/mol. The summed E-state index contributed by atoms with van der Waals surface area (Å²) in [5.74, 6) is 0.389. The molecule has 0 unspecified atom stereocenters. The van der Waals surface area contributed by atoms with Crippen LogP contribution in [0.25, 0.3) is 0 Å². The van der Waals surface area contributed by atoms with Gasteiger partial charge in [-0.3, -0.25) is 0 Å². The van der Waals surface area contributed by atoms with E-state index in [2.05, 4.69) is 0 Å². The molecule has 1 aromatic carbocycles. The van der Waals surface area contributed by atoms with Crippen LogP contribution in [-0.2, 0) is 0 Å². The van der Waals surface area contributed by atoms with Gasteiger partial charge in [0.25, 0.3) is 0 Å². The van der Waals surface area contributed by atoms with Gasteiger partial charge in [0.05, 0.1) is 7.11 Å². The molecular weight excluding hydrogens is 167 g/mol. The van der Waals surface area contributed by atoms with Crippen LogP contribution in [0.5, 0.6) is 5.75 Å². The summed E-state index contributed by atoms with van der Waals surface area (Å²) in [7, 11) is 1.54. The Hall–Kier alpha value is -1.05. The summed E-state index contributed by atoms with van der Waals surface area (Å²) in [6.07, 6.45) is 0. The summed E-state index contributed by atoms with van der Waals surface area (Å²) in [6.45, 7) is 7.63. The smallest absolute Gasteiger partial charge is 0.129 e. The minimum Gasteiger partial charge on any atom is -0.496 e. The third-order valence-electron chi connectivity index (χ3n) is 1.68. The van der Waals surface area contributed by atoms with Gasteiger partial charge in [0.1, 0.15) is 11.6 Å². The molecule has 1 aromatic rings. The van der Waals surface area contributed by atoms with E-state index in [1.54, 1.807) is 13.0 Å². The second-order valence-corrected chi connectivity index (χ2v) is 2.57. The molecule has 0 saturated carbocycles. The second kappa shape index (κ2) is 5.57. The lowest BCUT2D eigenvalue weighted by molar-refractivity contribution is 0.407. The van der Waals surface area contributed by atoms with Gasteiger partial charge < -0.3 is 4.74 Å². The van der Waals surface area contributed by atoms with E-state index < -0.39 is 0 Å². The fraction of sp³-hybridized carbons (Fsp3) is 0.455. The first-order valence-corrected chi connectivity index (χ1v) is 4.46. The first-order chi connectivity index (χ1) is 6.15. The van der Waals surface area contributed by atoms with Gasteiger partial charge in [-0.25, -0.2) is 4.39 Å². The van der Waals surface area contributed by atoms with Crippen LogP contribution in [0, 0.1) is 19.7 Å². The topological polar surface area (TPSA) is 9.23 Å². The van der Waals surface area contributed by atoms with Crippen LogP contribution in [0.2, 0.25) is 0 Å². The zero-order valence-corrected chi connectivity index (χ0v) is 8.94. The van der Waals surface area contributed by atoms with E-state index in [0.717, 1.165) is 5.56 Å². The van der Waals surface area contributed by atoms with Crippen molar-refractivity contribution in [3.8, 4) is 5.75 Å². The molecule has 0 bridgehead atoms. The fourth-order valence-electron chi connectivity index (χ4n) is 1.03. The summed E-state index contributed by atoms with van der Waals surface area (Å²) < 4.78 is 17.8. The van der Waals surface area contributed by atoms with Gasteiger partial charge in [-0.05, 0) is 31.0 Å². The first-order valence-electron chi connectivity index (χ1n) is 4.46. The molecular formula is C11H17FO. The Bertz CT molecular complexity index is 269. The fourth-order valence-corrected chi connectivity index (χ4v) is 1.03. The third-order valence-corrected chi connectivity index (χ3v) is 1.68. The highest BCUT2D eigenvalue weighted by Crippen LogP contribution is 2.20. The Balaban J connectivity index is 0.000000671. The second-order valence-electron chi connectivity index (χ2n) is 2.57. The van der Waals surface area contributed by atoms with Crippen LogP contribution >= 0.6 is 0 Å². The number of hydrogen-bond acceptors (Lipinski definition) is 1. The van der Waals surface area contributed by atoms with Gasteiger partial charge in [0, 0.05) is 6.07 Å². The van der Waals surface area contributed by atoms with E-state index in [9.17, 15) is 4.39 Å². The van der Waals surface area contributed by atoms with Crippen LogP contribution < -0.4 is 4.74 Å². The highest BCUT2D eigenvalue weighted by molar-refractivity contribution is 5.36. The van der Waals surface area contributed by atoms with E-state index in [4.69, 9.17) is 4.74 Å². The van der Waals surface area contributed by atoms with Crippen molar-refractivity contribution in [2.75, 3.05) is 7.11 Å². The third kappa shape index (κ3) is 3.05. The largest absolute Gasteiger partial charge is 0.496 e. The molecule has 0 atom stereocenters. The molecule has 2 heteroatoms. The number of halogens is 1. The maximum atomic E-state index is 12.9. The Morgan fingerprint density at radius 1 is 1.08 bits per heavy atom. The van der Waals surface area contributed by atoms with Crippen molar-refractivity contribution in [3.05, 3.63) is 29.1 Å². The van der Waals surface area contributed by atoms with Gasteiger partial charge in [-0.1, -0.05) is 13.8 Å². The standard InChI is InChI=1S/C9H11FO.C2H6/c1-6-4-7(2)9(11-3)5-8(6)10;1-2/h4-5H,1-3H3;1-2H3. The molecule has 13 heavy (non-hydrogen) atoms. The van der Waals surface area contributed by atoms with E-state index in [1.165, 1.54) is 13.2 Å². The maximum absolute atomic E-state index is 12.9. The van der Waals surface area contributed by atoms with Crippen molar-refractivity contribution < 1.29 is 9.13 Å². The van der Waals surface area contributed by atoms with Crippen LogP contribution in [-0.4, -0.2) is 7.11 Å². The molecule has 0 aliphatic heterocycles. The molecule has 0 aromatic heterocycles. The Morgan fingerprint density at radius 2 is 1.62 bits per heavy atom. The lowest BCUT2D eigenvalue weighted by Gasteiger charge is -2.05. The molecule has 0 fully saturated rings. The Morgan fingerprint density at radius 3 is 2.08 bits per heavy atom. The molecule has 0 spiro atoms. The molecule has 0 amide bonds. The average Bonchev–Trinajstić information content (AvgIpc) is 2.15. The van der Waals surface area contributed by atoms with Crippen LogP contribution in [0.3, 0.4) is 0 Å². The molecule has 0 heterocycles. The number of methoxy groups -OCH3 is 1. The van der Waals surface area contributed by atoms with Crippen molar-refractivity contribution in [1.82, 2.24) is 0 Å². The Kier molecular flexibility index (Phi) is 5.12. The van der Waals surface area contributed by atoms with Crippen LogP contribution in [0.1, 0.15) is 25.0 Å². The predicted octanol–water partition coefficient (Wildman–Crippen LogP) is 3.48. The molecule has 0 aliphatic rings. The van der Waals surface area contributed by atoms with E-state index in [-0.39, 0.29) is 5.82 Å². The molecule has 74 valence electrons. The minimum absolute atomic E-state index is 0.215. The molecule has 0 saturated heterocycles. The number of ether oxygens (including phenoxy) is 1. The lowest BCUT2D eigenvalue weighted by atomic mass is 10.1. The molecule has 1 rings (SSSR count). The number of benzene rings is 1. The van der Waals surface area contributed by atoms with Gasteiger partial charge in [-0.2, -0.15) is 0 Å². The Labute approximate surface area is 79.5 Å². The van der Waals surface area contributed by atoms with Gasteiger partial charge in [0.2, 0.25) is 0 Å². The normalized spacial score (nSPS) is 8.77. The summed E-state index contributed by atoms with van der Waals surface area (Å²) in [5, 5.41) is 0. The minimum atomic E-state index is -0.215. The number of hydrogen-bond donors (Lipinski definition) is 0. The van der Waals surface area contributed by atoms with Crippen molar-refractivity contribution in [2.24, 2.45) is 0 Å². The van der Waals surface area contributed by atoms with Crippen molar-refractivity contribution in [2.45, 2.75) is 27.7 Å². The van der Waals surface area contributed by atoms with E-state index in [1.807, 2.05) is 20.8 Å². The molecule has 0 aliphatic carbocycles. The highest BCUT2D eigenvalue weighted by Gasteiger charge is 2.02. The average molecular weight is 184 g/mol. The van der Waals surface area contributed by atoms with Crippen molar-refractivity contribution in [1.29, 1.82) is 0 Å². The molecule has 0 N–H and O–H groups in total. The van der Waals surface area contributed by atoms with Gasteiger partial charge in [0.15, 0.2) is 0 Å². The summed E-state index contributed by atoms with van der Waals surface area (Å²) in [6, 6.07) is 3.18. The van der Waals surface area contributed by atoms with Crippen LogP contribution in [0.4, 0.5) is 4.39 Å². The zero-order chi connectivity index (χ0) is 10.4. The first kappa shape index (κ1) is 11.9. The maximum Gasteiger partial charge on any atom is 0.129 e. The SMILES string of the molecule is CC.COc1cc(F)c(C)cc1C. The zero-order valence-electron chi connectivity index (χ0n) is 8.94. The molecule has 1 nitrogen and oxygen atoms in total. The van der Waals surface area contributed by atoms with Crippen LogP contribution in [0.15, 0.2) is 12.1 Å². The van der Waals surface area contributed by atoms with E-state index in [0.29, 0.717) is 11.3 Å². The highest BCUT2D eigenvalue weighted by atomic mass is 19.1. The van der Waals surface area contributed by atoms with Crippen molar-refractivity contribution >= 4 is 0 Å². The number of aryl methyl sites for hydroxylation is 2. The van der Waals surface area contributed by atoms with Gasteiger partial charge >= 0.3 is 0 Å². The lowest BCUT2D eigenvalue weighted by Crippen LogP contribution is -1.90. The van der Waals surface area contributed by atoms with E-state index >= 15 is 0 Å².